The van der Waals surface area contributed by atoms with E-state index in [9.17, 15) is 20.1 Å². The van der Waals surface area contributed by atoms with Gasteiger partial charge in [-0.2, -0.15) is 0 Å². The van der Waals surface area contributed by atoms with Crippen molar-refractivity contribution in [1.29, 1.82) is 0 Å². The number of hydrogen-bond acceptors (Lipinski definition) is 6. The number of fused-ring (bicyclic) bond motifs is 1. The van der Waals surface area contributed by atoms with E-state index in [0.29, 0.717) is 24.4 Å². The van der Waals surface area contributed by atoms with Gasteiger partial charge in [-0.1, -0.05) is 6.07 Å². The Balaban J connectivity index is 1.89. The van der Waals surface area contributed by atoms with E-state index in [1.807, 2.05) is 0 Å². The van der Waals surface area contributed by atoms with Gasteiger partial charge in [0.1, 0.15) is 5.76 Å². The maximum atomic E-state index is 12.1. The molecule has 0 fully saturated rings. The summed E-state index contributed by atoms with van der Waals surface area (Å²) in [5.41, 5.74) is 0.519. The average Bonchev–Trinajstić information content (AvgIpc) is 2.57. The van der Waals surface area contributed by atoms with Crippen molar-refractivity contribution in [3.05, 3.63) is 57.9 Å². The Kier molecular flexibility index (Phi) is 4.04. The molecule has 0 amide bonds. The maximum Gasteiger partial charge on any atom is 0.201 e. The molecule has 3 rings (SSSR count). The first-order valence-electron chi connectivity index (χ1n) is 7.33. The molecular weight excluding hydrogens is 312 g/mol. The number of ether oxygens (including phenoxy) is 1. The van der Waals surface area contributed by atoms with Crippen LogP contribution in [0.4, 0.5) is 0 Å². The Hall–Kier alpha value is -3.15. The van der Waals surface area contributed by atoms with Gasteiger partial charge >= 0.3 is 0 Å². The lowest BCUT2D eigenvalue weighted by atomic mass is 10.1. The summed E-state index contributed by atoms with van der Waals surface area (Å²) in [5.74, 6) is 0.00837. The molecule has 24 heavy (non-hydrogen) atoms. The minimum Gasteiger partial charge on any atom is -0.504 e. The molecular formula is C18H16O6. The number of phenols is 3. The highest BCUT2D eigenvalue weighted by Crippen LogP contribution is 2.32. The molecule has 0 saturated heterocycles. The van der Waals surface area contributed by atoms with Crippen molar-refractivity contribution >= 4 is 11.0 Å². The zero-order valence-corrected chi connectivity index (χ0v) is 12.9. The van der Waals surface area contributed by atoms with Gasteiger partial charge in [-0.3, -0.25) is 4.79 Å². The molecule has 0 aliphatic heterocycles. The monoisotopic (exact) mass is 328 g/mol. The van der Waals surface area contributed by atoms with Crippen LogP contribution in [0, 0.1) is 0 Å². The van der Waals surface area contributed by atoms with E-state index in [4.69, 9.17) is 9.15 Å². The average molecular weight is 328 g/mol. The second kappa shape index (κ2) is 6.16. The van der Waals surface area contributed by atoms with Gasteiger partial charge in [-0.05, 0) is 36.2 Å². The highest BCUT2D eigenvalue weighted by molar-refractivity contribution is 5.84. The second-order valence-electron chi connectivity index (χ2n) is 5.39. The van der Waals surface area contributed by atoms with E-state index >= 15 is 0 Å². The number of aryl methyl sites for hydroxylation is 2. The molecule has 0 bridgehead atoms. The van der Waals surface area contributed by atoms with Crippen LogP contribution < -0.4 is 10.2 Å². The summed E-state index contributed by atoms with van der Waals surface area (Å²) in [4.78, 5) is 12.1. The van der Waals surface area contributed by atoms with Crippen molar-refractivity contribution in [2.24, 2.45) is 0 Å². The minimum absolute atomic E-state index is 0.0323. The summed E-state index contributed by atoms with van der Waals surface area (Å²) < 4.78 is 10.5. The number of aromatic hydroxyl groups is 3. The summed E-state index contributed by atoms with van der Waals surface area (Å²) in [6.45, 7) is 0. The number of hydrogen-bond donors (Lipinski definition) is 3. The lowest BCUT2D eigenvalue weighted by Gasteiger charge is -2.07. The first-order valence-corrected chi connectivity index (χ1v) is 7.33. The fraction of sp³-hybridized carbons (Fsp3) is 0.167. The Morgan fingerprint density at radius 2 is 1.79 bits per heavy atom. The Morgan fingerprint density at radius 1 is 1.00 bits per heavy atom. The molecule has 0 aliphatic rings. The van der Waals surface area contributed by atoms with Crippen LogP contribution in [-0.4, -0.2) is 22.4 Å². The predicted molar refractivity (Wildman–Crippen MR) is 87.9 cm³/mol. The number of rotatable bonds is 4. The van der Waals surface area contributed by atoms with Crippen molar-refractivity contribution in [2.45, 2.75) is 12.8 Å². The highest BCUT2D eigenvalue weighted by atomic mass is 16.5. The van der Waals surface area contributed by atoms with Crippen molar-refractivity contribution in [1.82, 2.24) is 0 Å². The zero-order valence-electron chi connectivity index (χ0n) is 12.9. The molecule has 6 heteroatoms. The Bertz CT molecular complexity index is 958. The fourth-order valence-corrected chi connectivity index (χ4v) is 2.52. The van der Waals surface area contributed by atoms with Gasteiger partial charge in [-0.25, -0.2) is 0 Å². The van der Waals surface area contributed by atoms with E-state index in [1.165, 1.54) is 25.3 Å². The Morgan fingerprint density at radius 3 is 2.50 bits per heavy atom. The van der Waals surface area contributed by atoms with Crippen LogP contribution in [0.1, 0.15) is 11.3 Å². The van der Waals surface area contributed by atoms with Crippen molar-refractivity contribution in [3.63, 3.8) is 0 Å². The first-order chi connectivity index (χ1) is 11.5. The topological polar surface area (TPSA) is 100 Å². The lowest BCUT2D eigenvalue weighted by Crippen LogP contribution is -2.03. The Labute approximate surface area is 137 Å². The summed E-state index contributed by atoms with van der Waals surface area (Å²) >= 11 is 0. The lowest BCUT2D eigenvalue weighted by molar-refractivity contribution is 0.373. The normalized spacial score (nSPS) is 10.9. The van der Waals surface area contributed by atoms with Gasteiger partial charge < -0.3 is 24.5 Å². The molecule has 0 saturated carbocycles. The zero-order chi connectivity index (χ0) is 17.3. The molecule has 0 spiro atoms. The van der Waals surface area contributed by atoms with Gasteiger partial charge in [0.15, 0.2) is 28.3 Å². The number of methoxy groups -OCH3 is 1. The molecule has 1 aromatic heterocycles. The molecule has 124 valence electrons. The number of benzene rings is 2. The standard InChI is InChI=1S/C18H16O6/c1-23-16-7-3-10(8-15(16)21)2-4-11-9-14(20)12-5-6-13(19)17(22)18(12)24-11/h3,5-9,19,21-22H,2,4H2,1H3. The van der Waals surface area contributed by atoms with E-state index in [2.05, 4.69) is 0 Å². The van der Waals surface area contributed by atoms with Gasteiger partial charge in [0.05, 0.1) is 12.5 Å². The van der Waals surface area contributed by atoms with Gasteiger partial charge in [-0.15, -0.1) is 0 Å². The molecule has 1 heterocycles. The predicted octanol–water partition coefficient (Wildman–Crippen LogP) is 2.70. The van der Waals surface area contributed by atoms with Crippen LogP contribution in [0.5, 0.6) is 23.0 Å². The van der Waals surface area contributed by atoms with E-state index in [0.717, 1.165) is 5.56 Å². The summed E-state index contributed by atoms with van der Waals surface area (Å²) in [6.07, 6.45) is 0.914. The van der Waals surface area contributed by atoms with Crippen LogP contribution >= 0.6 is 0 Å². The van der Waals surface area contributed by atoms with Crippen molar-refractivity contribution in [3.8, 4) is 23.0 Å². The quantitative estimate of drug-likeness (QED) is 0.637. The molecule has 0 radical (unpaired) electrons. The van der Waals surface area contributed by atoms with Gasteiger partial charge in [0.2, 0.25) is 5.75 Å². The van der Waals surface area contributed by atoms with Gasteiger partial charge in [0, 0.05) is 12.5 Å². The van der Waals surface area contributed by atoms with Crippen LogP contribution in [0.25, 0.3) is 11.0 Å². The summed E-state index contributed by atoms with van der Waals surface area (Å²) in [7, 11) is 1.47. The van der Waals surface area contributed by atoms with Gasteiger partial charge in [0.25, 0.3) is 0 Å². The van der Waals surface area contributed by atoms with E-state index < -0.39 is 5.75 Å². The van der Waals surface area contributed by atoms with E-state index in [1.54, 1.807) is 18.2 Å². The second-order valence-corrected chi connectivity index (χ2v) is 5.39. The van der Waals surface area contributed by atoms with E-state index in [-0.39, 0.29) is 27.9 Å². The third kappa shape index (κ3) is 2.86. The highest BCUT2D eigenvalue weighted by Gasteiger charge is 2.12. The maximum absolute atomic E-state index is 12.1. The molecule has 6 nitrogen and oxygen atoms in total. The van der Waals surface area contributed by atoms with Crippen LogP contribution in [0.2, 0.25) is 0 Å². The molecule has 3 N–H and O–H groups in total. The molecule has 2 aromatic carbocycles. The fourth-order valence-electron chi connectivity index (χ4n) is 2.52. The third-order valence-electron chi connectivity index (χ3n) is 3.80. The first kappa shape index (κ1) is 15.7. The summed E-state index contributed by atoms with van der Waals surface area (Å²) in [5, 5.41) is 29.4. The molecule has 0 unspecified atom stereocenters. The van der Waals surface area contributed by atoms with Crippen LogP contribution in [0.3, 0.4) is 0 Å². The van der Waals surface area contributed by atoms with Crippen molar-refractivity contribution in [2.75, 3.05) is 7.11 Å². The smallest absolute Gasteiger partial charge is 0.201 e. The van der Waals surface area contributed by atoms with Crippen LogP contribution in [-0.2, 0) is 12.8 Å². The SMILES string of the molecule is COc1ccc(CCc2cc(=O)c3ccc(O)c(O)c3o2)cc1O. The van der Waals surface area contributed by atoms with Crippen LogP contribution in [0.15, 0.2) is 45.6 Å². The summed E-state index contributed by atoms with van der Waals surface area (Å²) in [6, 6.07) is 9.06. The molecule has 0 atom stereocenters. The largest absolute Gasteiger partial charge is 0.504 e. The minimum atomic E-state index is -0.450. The van der Waals surface area contributed by atoms with Crippen molar-refractivity contribution < 1.29 is 24.5 Å². The number of phenolic OH excluding ortho intramolecular Hbond substituents is 3. The third-order valence-corrected chi connectivity index (χ3v) is 3.80. The molecule has 0 aliphatic carbocycles. The molecule has 3 aromatic rings.